The van der Waals surface area contributed by atoms with Crippen LogP contribution in [0.25, 0.3) is 0 Å². The first-order chi connectivity index (χ1) is 16.0. The summed E-state index contributed by atoms with van der Waals surface area (Å²) >= 11 is 1.83. The molecule has 0 saturated carbocycles. The Morgan fingerprint density at radius 2 is 1.73 bits per heavy atom. The number of amides is 2. The number of unbranched alkanes of at least 4 members (excludes halogenated alkanes) is 2. The Morgan fingerprint density at radius 3 is 2.45 bits per heavy atom. The molecule has 3 heterocycles. The lowest BCUT2D eigenvalue weighted by Gasteiger charge is -2.43. The van der Waals surface area contributed by atoms with E-state index < -0.39 is 0 Å². The zero-order chi connectivity index (χ0) is 23.4. The van der Waals surface area contributed by atoms with Crippen molar-refractivity contribution in [3.8, 4) is 0 Å². The fraction of sp³-hybridized carbons (Fsp3) is 0.556. The van der Waals surface area contributed by atoms with E-state index in [1.807, 2.05) is 21.1 Å². The van der Waals surface area contributed by atoms with Crippen LogP contribution in [0.5, 0.6) is 0 Å². The maximum atomic E-state index is 13.6. The summed E-state index contributed by atoms with van der Waals surface area (Å²) < 4.78 is 0. The first kappa shape index (κ1) is 24.0. The van der Waals surface area contributed by atoms with Crippen LogP contribution in [0.4, 0.5) is 0 Å². The summed E-state index contributed by atoms with van der Waals surface area (Å²) in [6.07, 6.45) is 4.82. The zero-order valence-corrected chi connectivity index (χ0v) is 21.1. The second-order valence-corrected chi connectivity index (χ2v) is 10.4. The van der Waals surface area contributed by atoms with Crippen molar-refractivity contribution >= 4 is 23.2 Å². The normalized spacial score (nSPS) is 19.9. The van der Waals surface area contributed by atoms with Gasteiger partial charge >= 0.3 is 0 Å². The van der Waals surface area contributed by atoms with Crippen molar-refractivity contribution in [3.63, 3.8) is 0 Å². The summed E-state index contributed by atoms with van der Waals surface area (Å²) in [5.41, 5.74) is 3.91. The molecule has 1 aromatic carbocycles. The molecule has 0 unspecified atom stereocenters. The summed E-state index contributed by atoms with van der Waals surface area (Å²) in [4.78, 5) is 33.8. The van der Waals surface area contributed by atoms with Crippen LogP contribution in [0.15, 0.2) is 35.7 Å². The molecule has 1 fully saturated rings. The van der Waals surface area contributed by atoms with Gasteiger partial charge in [-0.25, -0.2) is 0 Å². The minimum Gasteiger partial charge on any atom is -0.339 e. The maximum absolute atomic E-state index is 13.6. The van der Waals surface area contributed by atoms with Crippen LogP contribution in [0.3, 0.4) is 0 Å². The van der Waals surface area contributed by atoms with Crippen molar-refractivity contribution in [2.45, 2.75) is 65.0 Å². The van der Waals surface area contributed by atoms with Crippen LogP contribution in [-0.2, 0) is 16.0 Å². The van der Waals surface area contributed by atoms with Gasteiger partial charge in [0.25, 0.3) is 0 Å². The molecule has 178 valence electrons. The smallest absolute Gasteiger partial charge is 0.239 e. The van der Waals surface area contributed by atoms with Crippen molar-refractivity contribution in [1.82, 2.24) is 14.7 Å². The number of carbonyl (C=O) groups excluding carboxylic acids is 2. The standard InChI is InChI=1S/C27H37N3O2S/c1-4-5-6-11-25(31)28-15-17-29(18-16-28)27(32)21(3)30-14-12-24-23(13-19-33-24)26(30)22-10-8-7-9-20(22)2/h7-10,13,19,21,26H,4-6,11-12,14-18H2,1-3H3/t21-,26-/m1/s1. The van der Waals surface area contributed by atoms with Gasteiger partial charge in [-0.2, -0.15) is 0 Å². The highest BCUT2D eigenvalue weighted by Crippen LogP contribution is 2.40. The fourth-order valence-corrected chi connectivity index (χ4v) is 6.16. The molecule has 1 aromatic heterocycles. The van der Waals surface area contributed by atoms with Gasteiger partial charge in [-0.15, -0.1) is 11.3 Å². The van der Waals surface area contributed by atoms with Gasteiger partial charge in [0.05, 0.1) is 12.1 Å². The van der Waals surface area contributed by atoms with E-state index in [-0.39, 0.29) is 23.9 Å². The van der Waals surface area contributed by atoms with Gasteiger partial charge in [-0.3, -0.25) is 14.5 Å². The number of piperazine rings is 1. The summed E-state index contributed by atoms with van der Waals surface area (Å²) in [6, 6.07) is 10.7. The van der Waals surface area contributed by atoms with Crippen LogP contribution in [-0.4, -0.2) is 65.3 Å². The Morgan fingerprint density at radius 1 is 1.00 bits per heavy atom. The molecule has 33 heavy (non-hydrogen) atoms. The molecule has 2 aliphatic rings. The number of aryl methyl sites for hydroxylation is 1. The van der Waals surface area contributed by atoms with E-state index in [1.54, 1.807) is 0 Å². The van der Waals surface area contributed by atoms with E-state index in [2.05, 4.69) is 61.4 Å². The van der Waals surface area contributed by atoms with Crippen molar-refractivity contribution in [3.05, 3.63) is 57.3 Å². The molecule has 0 aliphatic carbocycles. The molecule has 2 amide bonds. The third-order valence-electron chi connectivity index (χ3n) is 7.28. The van der Waals surface area contributed by atoms with Crippen LogP contribution >= 0.6 is 11.3 Å². The van der Waals surface area contributed by atoms with Gasteiger partial charge in [-0.1, -0.05) is 44.0 Å². The van der Waals surface area contributed by atoms with Crippen LogP contribution in [0, 0.1) is 6.92 Å². The highest BCUT2D eigenvalue weighted by Gasteiger charge is 2.37. The largest absolute Gasteiger partial charge is 0.339 e. The van der Waals surface area contributed by atoms with Gasteiger partial charge < -0.3 is 9.80 Å². The van der Waals surface area contributed by atoms with E-state index >= 15 is 0 Å². The molecule has 1 saturated heterocycles. The van der Waals surface area contributed by atoms with E-state index in [0.717, 1.165) is 32.2 Å². The fourth-order valence-electron chi connectivity index (χ4n) is 5.26. The van der Waals surface area contributed by atoms with Gasteiger partial charge in [0.15, 0.2) is 0 Å². The van der Waals surface area contributed by atoms with E-state index in [1.165, 1.54) is 21.6 Å². The van der Waals surface area contributed by atoms with Gasteiger partial charge in [0.1, 0.15) is 0 Å². The summed E-state index contributed by atoms with van der Waals surface area (Å²) in [5.74, 6) is 0.426. The highest BCUT2D eigenvalue weighted by molar-refractivity contribution is 7.10. The van der Waals surface area contributed by atoms with Gasteiger partial charge in [0.2, 0.25) is 11.8 Å². The minimum absolute atomic E-state index is 0.113. The van der Waals surface area contributed by atoms with E-state index in [9.17, 15) is 9.59 Å². The second-order valence-electron chi connectivity index (χ2n) is 9.39. The third-order valence-corrected chi connectivity index (χ3v) is 8.28. The first-order valence-electron chi connectivity index (χ1n) is 12.4. The van der Waals surface area contributed by atoms with Crippen molar-refractivity contribution in [2.75, 3.05) is 32.7 Å². The third kappa shape index (κ3) is 5.17. The molecule has 5 nitrogen and oxygen atoms in total. The topological polar surface area (TPSA) is 43.9 Å². The Hall–Kier alpha value is -2.18. The average molecular weight is 468 g/mol. The van der Waals surface area contributed by atoms with Crippen molar-refractivity contribution in [2.24, 2.45) is 0 Å². The molecule has 0 spiro atoms. The lowest BCUT2D eigenvalue weighted by Crippen LogP contribution is -2.56. The molecule has 0 radical (unpaired) electrons. The lowest BCUT2D eigenvalue weighted by atomic mass is 9.89. The molecule has 2 atom stereocenters. The minimum atomic E-state index is -0.200. The van der Waals surface area contributed by atoms with Gasteiger partial charge in [0, 0.05) is 44.0 Å². The number of thiophene rings is 1. The molecule has 2 aliphatic heterocycles. The maximum Gasteiger partial charge on any atom is 0.239 e. The van der Waals surface area contributed by atoms with Gasteiger partial charge in [-0.05, 0) is 54.8 Å². The molecule has 0 N–H and O–H groups in total. The number of hydrogen-bond donors (Lipinski definition) is 0. The zero-order valence-electron chi connectivity index (χ0n) is 20.3. The number of hydrogen-bond acceptors (Lipinski definition) is 4. The molecule has 0 bridgehead atoms. The number of nitrogens with zero attached hydrogens (tertiary/aromatic N) is 3. The summed E-state index contributed by atoms with van der Waals surface area (Å²) in [7, 11) is 0. The summed E-state index contributed by atoms with van der Waals surface area (Å²) in [6.45, 7) is 9.84. The van der Waals surface area contributed by atoms with E-state index in [4.69, 9.17) is 0 Å². The second kappa shape index (κ2) is 10.8. The predicted octanol–water partition coefficient (Wildman–Crippen LogP) is 4.64. The predicted molar refractivity (Wildman–Crippen MR) is 135 cm³/mol. The molecule has 4 rings (SSSR count). The van der Waals surface area contributed by atoms with Crippen molar-refractivity contribution < 1.29 is 9.59 Å². The number of benzene rings is 1. The number of carbonyl (C=O) groups is 2. The SMILES string of the molecule is CCCCCC(=O)N1CCN(C(=O)[C@@H](C)N2CCc3sccc3[C@H]2c2ccccc2C)CC1. The Labute approximate surface area is 202 Å². The molecular weight excluding hydrogens is 430 g/mol. The Balaban J connectivity index is 1.45. The van der Waals surface area contributed by atoms with Crippen molar-refractivity contribution in [1.29, 1.82) is 0 Å². The average Bonchev–Trinajstić information content (AvgIpc) is 3.32. The van der Waals surface area contributed by atoms with Crippen LogP contribution in [0.1, 0.15) is 67.1 Å². The molecule has 6 heteroatoms. The Bertz CT molecular complexity index is 964. The quantitative estimate of drug-likeness (QED) is 0.557. The van der Waals surface area contributed by atoms with E-state index in [0.29, 0.717) is 32.6 Å². The lowest BCUT2D eigenvalue weighted by molar-refractivity contribution is -0.143. The number of fused-ring (bicyclic) bond motifs is 1. The summed E-state index contributed by atoms with van der Waals surface area (Å²) in [5, 5.41) is 2.18. The highest BCUT2D eigenvalue weighted by atomic mass is 32.1. The molecular formula is C27H37N3O2S. The number of rotatable bonds is 7. The van der Waals surface area contributed by atoms with Crippen LogP contribution < -0.4 is 0 Å². The monoisotopic (exact) mass is 467 g/mol. The van der Waals surface area contributed by atoms with Crippen LogP contribution in [0.2, 0.25) is 0 Å². The molecule has 2 aromatic rings. The first-order valence-corrected chi connectivity index (χ1v) is 13.3. The Kier molecular flexibility index (Phi) is 7.86.